The maximum absolute atomic E-state index is 12.6. The predicted octanol–water partition coefficient (Wildman–Crippen LogP) is 2.82. The van der Waals surface area contributed by atoms with Crippen LogP contribution >= 0.6 is 27.3 Å². The number of aromatic carboxylic acids is 1. The van der Waals surface area contributed by atoms with Crippen molar-refractivity contribution in [3.8, 4) is 0 Å². The predicted molar refractivity (Wildman–Crippen MR) is 83.4 cm³/mol. The fourth-order valence-corrected chi connectivity index (χ4v) is 5.31. The van der Waals surface area contributed by atoms with Crippen LogP contribution in [0.5, 0.6) is 0 Å². The highest BCUT2D eigenvalue weighted by Crippen LogP contribution is 2.31. The zero-order valence-electron chi connectivity index (χ0n) is 10.9. The minimum absolute atomic E-state index is 0.0785. The standard InChI is InChI=1S/C12H11BrN2O4S2/c1-2-15(11-8(12(16)17)4-3-7-14-11)21(18,19)10-6-5-9(13)20-10/h3-7H,2H2,1H3,(H,16,17). The number of halogens is 1. The van der Waals surface area contributed by atoms with Crippen molar-refractivity contribution in [2.24, 2.45) is 0 Å². The van der Waals surface area contributed by atoms with Crippen molar-refractivity contribution in [1.29, 1.82) is 0 Å². The molecule has 0 atom stereocenters. The number of hydrogen-bond acceptors (Lipinski definition) is 5. The van der Waals surface area contributed by atoms with E-state index in [4.69, 9.17) is 0 Å². The topological polar surface area (TPSA) is 87.6 Å². The van der Waals surface area contributed by atoms with Gasteiger partial charge in [0.25, 0.3) is 10.0 Å². The average Bonchev–Trinajstić information content (AvgIpc) is 2.87. The summed E-state index contributed by atoms with van der Waals surface area (Å²) in [6, 6.07) is 5.88. The third-order valence-electron chi connectivity index (χ3n) is 2.63. The van der Waals surface area contributed by atoms with Crippen molar-refractivity contribution in [2.45, 2.75) is 11.1 Å². The Morgan fingerprint density at radius 1 is 1.43 bits per heavy atom. The smallest absolute Gasteiger partial charge is 0.339 e. The Morgan fingerprint density at radius 2 is 2.14 bits per heavy atom. The number of thiophene rings is 1. The molecule has 2 rings (SSSR count). The highest BCUT2D eigenvalue weighted by molar-refractivity contribution is 9.11. The van der Waals surface area contributed by atoms with E-state index < -0.39 is 16.0 Å². The molecule has 1 N–H and O–H groups in total. The second-order valence-electron chi connectivity index (χ2n) is 3.91. The second-order valence-corrected chi connectivity index (χ2v) is 8.46. The Labute approximate surface area is 134 Å². The van der Waals surface area contributed by atoms with E-state index in [1.54, 1.807) is 13.0 Å². The summed E-state index contributed by atoms with van der Waals surface area (Å²) in [6.07, 6.45) is 1.37. The Kier molecular flexibility index (Phi) is 4.64. The first-order valence-corrected chi connectivity index (χ1v) is 8.89. The van der Waals surface area contributed by atoms with Gasteiger partial charge in [-0.2, -0.15) is 0 Å². The van der Waals surface area contributed by atoms with E-state index in [1.807, 2.05) is 0 Å². The van der Waals surface area contributed by atoms with E-state index >= 15 is 0 Å². The lowest BCUT2D eigenvalue weighted by Crippen LogP contribution is -2.32. The maximum Gasteiger partial charge on any atom is 0.339 e. The van der Waals surface area contributed by atoms with Crippen molar-refractivity contribution in [3.63, 3.8) is 0 Å². The van der Waals surface area contributed by atoms with Crippen molar-refractivity contribution < 1.29 is 18.3 Å². The zero-order valence-corrected chi connectivity index (χ0v) is 14.1. The summed E-state index contributed by atoms with van der Waals surface area (Å²) >= 11 is 4.27. The fraction of sp³-hybridized carbons (Fsp3) is 0.167. The number of sulfonamides is 1. The van der Waals surface area contributed by atoms with Crippen molar-refractivity contribution in [1.82, 2.24) is 4.98 Å². The van der Waals surface area contributed by atoms with Crippen LogP contribution < -0.4 is 4.31 Å². The molecule has 0 bridgehead atoms. The van der Waals surface area contributed by atoms with Gasteiger partial charge in [-0.05, 0) is 47.1 Å². The van der Waals surface area contributed by atoms with Crippen LogP contribution in [0.25, 0.3) is 0 Å². The van der Waals surface area contributed by atoms with E-state index in [1.165, 1.54) is 24.4 Å². The molecule has 0 saturated heterocycles. The summed E-state index contributed by atoms with van der Waals surface area (Å²) in [5.41, 5.74) is -0.154. The highest BCUT2D eigenvalue weighted by Gasteiger charge is 2.29. The lowest BCUT2D eigenvalue weighted by Gasteiger charge is -2.22. The number of aromatic nitrogens is 1. The van der Waals surface area contributed by atoms with E-state index in [0.717, 1.165) is 15.6 Å². The molecule has 0 fully saturated rings. The number of hydrogen-bond donors (Lipinski definition) is 1. The van der Waals surface area contributed by atoms with Crippen LogP contribution in [0.15, 0.2) is 38.5 Å². The van der Waals surface area contributed by atoms with Gasteiger partial charge in [0.15, 0.2) is 5.82 Å². The van der Waals surface area contributed by atoms with Crippen LogP contribution in [-0.2, 0) is 10.0 Å². The van der Waals surface area contributed by atoms with E-state index in [2.05, 4.69) is 20.9 Å². The van der Waals surface area contributed by atoms with Crippen molar-refractivity contribution in [3.05, 3.63) is 39.8 Å². The van der Waals surface area contributed by atoms with Gasteiger partial charge in [0.2, 0.25) is 0 Å². The van der Waals surface area contributed by atoms with Gasteiger partial charge in [-0.25, -0.2) is 22.5 Å². The molecule has 0 saturated carbocycles. The fourth-order valence-electron chi connectivity index (χ4n) is 1.74. The maximum atomic E-state index is 12.6. The van der Waals surface area contributed by atoms with Crippen LogP contribution in [0.2, 0.25) is 0 Å². The number of anilines is 1. The summed E-state index contributed by atoms with van der Waals surface area (Å²) < 4.78 is 27.1. The summed E-state index contributed by atoms with van der Waals surface area (Å²) in [7, 11) is -3.84. The molecule has 2 heterocycles. The summed E-state index contributed by atoms with van der Waals surface area (Å²) in [5, 5.41) is 9.18. The molecule has 9 heteroatoms. The number of carboxylic acid groups (broad SMARTS) is 1. The first kappa shape index (κ1) is 15.9. The minimum Gasteiger partial charge on any atom is -0.478 e. The molecule has 0 aromatic carbocycles. The molecule has 0 radical (unpaired) electrons. The first-order chi connectivity index (χ1) is 9.87. The number of carbonyl (C=O) groups is 1. The Morgan fingerprint density at radius 3 is 2.67 bits per heavy atom. The van der Waals surface area contributed by atoms with E-state index in [0.29, 0.717) is 3.79 Å². The number of carboxylic acids is 1. The molecule has 2 aromatic heterocycles. The number of nitrogens with zero attached hydrogens (tertiary/aromatic N) is 2. The second kappa shape index (κ2) is 6.12. The molecular weight excluding hydrogens is 380 g/mol. The van der Waals surface area contributed by atoms with E-state index in [9.17, 15) is 18.3 Å². The monoisotopic (exact) mass is 390 g/mol. The quantitative estimate of drug-likeness (QED) is 0.847. The third kappa shape index (κ3) is 3.09. The molecule has 112 valence electrons. The summed E-state index contributed by atoms with van der Waals surface area (Å²) in [4.78, 5) is 15.2. The van der Waals surface area contributed by atoms with Crippen LogP contribution in [0.3, 0.4) is 0 Å². The van der Waals surface area contributed by atoms with Crippen molar-refractivity contribution in [2.75, 3.05) is 10.8 Å². The van der Waals surface area contributed by atoms with Crippen LogP contribution in [0.4, 0.5) is 5.82 Å². The van der Waals surface area contributed by atoms with Crippen LogP contribution in [0.1, 0.15) is 17.3 Å². The molecule has 0 aliphatic rings. The molecule has 0 spiro atoms. The van der Waals surface area contributed by atoms with Gasteiger partial charge in [-0.15, -0.1) is 11.3 Å². The molecule has 21 heavy (non-hydrogen) atoms. The molecule has 2 aromatic rings. The molecule has 0 unspecified atom stereocenters. The largest absolute Gasteiger partial charge is 0.478 e. The summed E-state index contributed by atoms with van der Waals surface area (Å²) in [6.45, 7) is 1.70. The lowest BCUT2D eigenvalue weighted by molar-refractivity contribution is 0.0697. The van der Waals surface area contributed by atoms with Crippen molar-refractivity contribution >= 4 is 49.1 Å². The number of pyridine rings is 1. The Bertz CT molecular complexity index is 773. The third-order valence-corrected chi connectivity index (χ3v) is 6.59. The number of rotatable bonds is 5. The molecular formula is C12H11BrN2O4S2. The van der Waals surface area contributed by atoms with Gasteiger partial charge in [-0.3, -0.25) is 0 Å². The normalized spacial score (nSPS) is 11.3. The van der Waals surface area contributed by atoms with Gasteiger partial charge >= 0.3 is 5.97 Å². The SMILES string of the molecule is CCN(c1ncccc1C(=O)O)S(=O)(=O)c1ccc(Br)s1. The molecule has 0 aliphatic carbocycles. The zero-order chi connectivity index (χ0) is 15.6. The molecule has 0 amide bonds. The van der Waals surface area contributed by atoms with Crippen LogP contribution in [-0.4, -0.2) is 31.0 Å². The van der Waals surface area contributed by atoms with Gasteiger partial charge < -0.3 is 5.11 Å². The van der Waals surface area contributed by atoms with Gasteiger partial charge in [-0.1, -0.05) is 0 Å². The van der Waals surface area contributed by atoms with Gasteiger partial charge in [0, 0.05) is 12.7 Å². The van der Waals surface area contributed by atoms with Gasteiger partial charge in [0.1, 0.15) is 9.77 Å². The Balaban J connectivity index is 2.57. The lowest BCUT2D eigenvalue weighted by atomic mass is 10.2. The van der Waals surface area contributed by atoms with E-state index in [-0.39, 0.29) is 22.1 Å². The molecule has 6 nitrogen and oxygen atoms in total. The van der Waals surface area contributed by atoms with Gasteiger partial charge in [0.05, 0.1) is 3.79 Å². The molecule has 0 aliphatic heterocycles. The highest BCUT2D eigenvalue weighted by atomic mass is 79.9. The minimum atomic E-state index is -3.84. The first-order valence-electron chi connectivity index (χ1n) is 5.84. The van der Waals surface area contributed by atoms with Crippen LogP contribution in [0, 0.1) is 0 Å². The average molecular weight is 391 g/mol. The summed E-state index contributed by atoms with van der Waals surface area (Å²) in [5.74, 6) is -1.31. The Hall–Kier alpha value is -1.45.